The molecule has 0 unspecified atom stereocenters. The second-order valence-electron chi connectivity index (χ2n) is 2.96. The summed E-state index contributed by atoms with van der Waals surface area (Å²) in [6.45, 7) is 0. The summed E-state index contributed by atoms with van der Waals surface area (Å²) >= 11 is 0. The van der Waals surface area contributed by atoms with Crippen LogP contribution in [0.3, 0.4) is 0 Å². The van der Waals surface area contributed by atoms with Gasteiger partial charge in [-0.15, -0.1) is 0 Å². The van der Waals surface area contributed by atoms with Crippen LogP contribution in [-0.4, -0.2) is 31.5 Å². The maximum Gasteiger partial charge on any atom is 0.306 e. The number of hydrazine groups is 1. The van der Waals surface area contributed by atoms with E-state index < -0.39 is 25.1 Å². The van der Waals surface area contributed by atoms with Gasteiger partial charge in [0, 0.05) is 0 Å². The van der Waals surface area contributed by atoms with Crippen molar-refractivity contribution in [2.45, 2.75) is 4.90 Å². The van der Waals surface area contributed by atoms with Crippen LogP contribution in [0.5, 0.6) is 0 Å². The fourth-order valence-corrected chi connectivity index (χ4v) is 1.81. The molecule has 0 aliphatic heterocycles. The minimum Gasteiger partial charge on any atom is -0.284 e. The predicted octanol–water partition coefficient (Wildman–Crippen LogP) is -0.319. The molecule has 18 heavy (non-hydrogen) atoms. The first-order valence-corrected chi connectivity index (χ1v) is 7.22. The number of hydrogen-bond acceptors (Lipinski definition) is 7. The summed E-state index contributed by atoms with van der Waals surface area (Å²) < 4.78 is 59.7. The van der Waals surface area contributed by atoms with E-state index in [2.05, 4.69) is 10.5 Å². The van der Waals surface area contributed by atoms with Crippen LogP contribution in [0.25, 0.3) is 0 Å². The van der Waals surface area contributed by atoms with Crippen LogP contribution in [0.2, 0.25) is 0 Å². The molecule has 0 radical (unpaired) electrons. The lowest BCUT2D eigenvalue weighted by Gasteiger charge is -2.08. The third-order valence-electron chi connectivity index (χ3n) is 1.61. The number of hydrazone groups is 1. The monoisotopic (exact) mass is 295 g/mol. The fraction of sp³-hybridized carbons (Fsp3) is 0. The summed E-state index contributed by atoms with van der Waals surface area (Å²) in [7, 11) is -8.80. The summed E-state index contributed by atoms with van der Waals surface area (Å²) in [6.07, 6.45) is 0. The fourth-order valence-electron chi connectivity index (χ4n) is 0.980. The summed E-state index contributed by atoms with van der Waals surface area (Å²) in [4.78, 5) is -0.417. The number of anilines is 1. The molecule has 100 valence electrons. The van der Waals surface area contributed by atoms with Gasteiger partial charge in [-0.1, -0.05) is 12.1 Å². The molecular formula is C7H9N3O6S2. The smallest absolute Gasteiger partial charge is 0.284 e. The van der Waals surface area contributed by atoms with E-state index in [1.54, 1.807) is 0 Å². The molecule has 9 nitrogen and oxygen atoms in total. The van der Waals surface area contributed by atoms with Gasteiger partial charge in [-0.25, -0.2) is 5.53 Å². The Morgan fingerprint density at radius 2 is 1.72 bits per heavy atom. The molecule has 0 amide bonds. The van der Waals surface area contributed by atoms with Crippen molar-refractivity contribution in [1.29, 1.82) is 0 Å². The quantitative estimate of drug-likeness (QED) is 0.250. The SMILES string of the molecule is O=S(=O)(O)C=NNNc1ccccc1S(=O)(=O)O. The third-order valence-corrected chi connectivity index (χ3v) is 2.89. The Morgan fingerprint density at radius 3 is 2.28 bits per heavy atom. The van der Waals surface area contributed by atoms with Gasteiger partial charge in [-0.2, -0.15) is 21.9 Å². The second kappa shape index (κ2) is 5.30. The Hall–Kier alpha value is -1.69. The highest BCUT2D eigenvalue weighted by Crippen LogP contribution is 2.19. The highest BCUT2D eigenvalue weighted by molar-refractivity contribution is 7.99. The lowest BCUT2D eigenvalue weighted by atomic mass is 10.3. The number of nitrogens with zero attached hydrogens (tertiary/aromatic N) is 1. The van der Waals surface area contributed by atoms with Gasteiger partial charge >= 0.3 is 10.1 Å². The molecule has 0 saturated carbocycles. The van der Waals surface area contributed by atoms with Crippen LogP contribution in [0, 0.1) is 0 Å². The van der Waals surface area contributed by atoms with E-state index in [-0.39, 0.29) is 11.2 Å². The molecule has 0 fully saturated rings. The number of para-hydroxylation sites is 1. The van der Waals surface area contributed by atoms with Gasteiger partial charge < -0.3 is 0 Å². The summed E-state index contributed by atoms with van der Waals surface area (Å²) in [5.41, 5.74) is 4.36. The topological polar surface area (TPSA) is 145 Å². The molecule has 0 aliphatic carbocycles. The first-order valence-electron chi connectivity index (χ1n) is 4.28. The first kappa shape index (κ1) is 14.4. The minimum atomic E-state index is -4.42. The van der Waals surface area contributed by atoms with E-state index in [0.29, 0.717) is 0 Å². The largest absolute Gasteiger partial charge is 0.306 e. The molecule has 0 atom stereocenters. The number of hydrogen-bond donors (Lipinski definition) is 4. The van der Waals surface area contributed by atoms with Crippen molar-refractivity contribution in [1.82, 2.24) is 5.53 Å². The minimum absolute atomic E-state index is 0.0486. The Bertz CT molecular complexity index is 652. The molecule has 1 rings (SSSR count). The third kappa shape index (κ3) is 4.67. The van der Waals surface area contributed by atoms with Crippen LogP contribution in [0.15, 0.2) is 34.3 Å². The molecule has 0 bridgehead atoms. The Labute approximate surface area is 103 Å². The second-order valence-corrected chi connectivity index (χ2v) is 5.59. The van der Waals surface area contributed by atoms with Crippen molar-refractivity contribution in [3.63, 3.8) is 0 Å². The molecule has 0 aliphatic rings. The van der Waals surface area contributed by atoms with Crippen molar-refractivity contribution in [2.75, 3.05) is 5.43 Å². The average Bonchev–Trinajstić information content (AvgIpc) is 2.22. The van der Waals surface area contributed by atoms with Crippen molar-refractivity contribution in [2.24, 2.45) is 5.10 Å². The van der Waals surface area contributed by atoms with Crippen molar-refractivity contribution in [3.05, 3.63) is 24.3 Å². The van der Waals surface area contributed by atoms with E-state index in [4.69, 9.17) is 9.11 Å². The van der Waals surface area contributed by atoms with Gasteiger partial charge in [0.1, 0.15) is 4.90 Å². The molecule has 1 aromatic carbocycles. The molecule has 0 aromatic heterocycles. The number of rotatable bonds is 5. The maximum absolute atomic E-state index is 11.0. The van der Waals surface area contributed by atoms with Crippen LogP contribution in [-0.2, 0) is 20.2 Å². The molecule has 4 N–H and O–H groups in total. The average molecular weight is 295 g/mol. The lowest BCUT2D eigenvalue weighted by molar-refractivity contribution is 0.483. The normalized spacial score (nSPS) is 12.6. The van der Waals surface area contributed by atoms with Crippen LogP contribution < -0.4 is 11.0 Å². The molecule has 0 heterocycles. The lowest BCUT2D eigenvalue weighted by Crippen LogP contribution is -2.18. The Morgan fingerprint density at radius 1 is 1.11 bits per heavy atom. The molecule has 11 heteroatoms. The van der Waals surface area contributed by atoms with E-state index in [0.717, 1.165) is 6.07 Å². The Balaban J connectivity index is 2.84. The van der Waals surface area contributed by atoms with Crippen molar-refractivity contribution >= 4 is 31.5 Å². The van der Waals surface area contributed by atoms with Crippen LogP contribution >= 0.6 is 0 Å². The summed E-state index contributed by atoms with van der Waals surface area (Å²) in [5, 5.41) is 3.06. The Kier molecular flexibility index (Phi) is 4.24. The van der Waals surface area contributed by atoms with Crippen molar-refractivity contribution in [3.8, 4) is 0 Å². The number of benzene rings is 1. The van der Waals surface area contributed by atoms with Gasteiger partial charge in [0.15, 0.2) is 5.55 Å². The van der Waals surface area contributed by atoms with Gasteiger partial charge in [-0.05, 0) is 12.1 Å². The molecule has 0 spiro atoms. The van der Waals surface area contributed by atoms with Crippen LogP contribution in [0.4, 0.5) is 5.69 Å². The van der Waals surface area contributed by atoms with Gasteiger partial charge in [0.05, 0.1) is 5.69 Å². The highest BCUT2D eigenvalue weighted by Gasteiger charge is 2.13. The standard InChI is InChI=1S/C7H9N3O6S2/c11-17(12,13)5-8-10-9-6-3-1-2-4-7(6)18(14,15)16/h1-5,9-10H,(H,11,12,13)(H,14,15,16). The molecule has 1 aromatic rings. The molecular weight excluding hydrogens is 286 g/mol. The van der Waals surface area contributed by atoms with E-state index in [1.165, 1.54) is 18.2 Å². The van der Waals surface area contributed by atoms with Crippen molar-refractivity contribution < 1.29 is 25.9 Å². The summed E-state index contributed by atoms with van der Waals surface area (Å²) in [5.74, 6) is 0. The zero-order valence-corrected chi connectivity index (χ0v) is 10.3. The maximum atomic E-state index is 11.0. The highest BCUT2D eigenvalue weighted by atomic mass is 32.2. The summed E-state index contributed by atoms with van der Waals surface area (Å²) in [6, 6.07) is 5.30. The van der Waals surface area contributed by atoms with E-state index in [9.17, 15) is 16.8 Å². The van der Waals surface area contributed by atoms with E-state index in [1.807, 2.05) is 5.53 Å². The first-order chi connectivity index (χ1) is 8.20. The predicted molar refractivity (Wildman–Crippen MR) is 63.1 cm³/mol. The number of nitrogens with one attached hydrogen (secondary N) is 2. The zero-order valence-electron chi connectivity index (χ0n) is 8.68. The van der Waals surface area contributed by atoms with E-state index >= 15 is 0 Å². The van der Waals surface area contributed by atoms with Gasteiger partial charge in [0.2, 0.25) is 0 Å². The van der Waals surface area contributed by atoms with Gasteiger partial charge in [-0.3, -0.25) is 14.5 Å². The zero-order chi connectivity index (χ0) is 13.8. The van der Waals surface area contributed by atoms with Crippen LogP contribution in [0.1, 0.15) is 0 Å². The van der Waals surface area contributed by atoms with Gasteiger partial charge in [0.25, 0.3) is 10.1 Å². The molecule has 0 saturated heterocycles.